The maximum Gasteiger partial charge on any atom is 0.422 e. The topological polar surface area (TPSA) is 75.6 Å². The third kappa shape index (κ3) is 4.62. The lowest BCUT2D eigenvalue weighted by atomic mass is 9.81. The number of benzene rings is 1. The van der Waals surface area contributed by atoms with Crippen LogP contribution < -0.4 is 10.1 Å². The lowest BCUT2D eigenvalue weighted by molar-refractivity contribution is -0.153. The van der Waals surface area contributed by atoms with E-state index in [2.05, 4.69) is 10.1 Å². The van der Waals surface area contributed by atoms with E-state index in [0.29, 0.717) is 12.8 Å². The molecule has 8 heteroatoms. The molecule has 1 aliphatic carbocycles. The van der Waals surface area contributed by atoms with Gasteiger partial charge in [0.2, 0.25) is 0 Å². The second-order valence-electron chi connectivity index (χ2n) is 5.83. The first-order chi connectivity index (χ1) is 11.2. The van der Waals surface area contributed by atoms with E-state index in [9.17, 15) is 27.9 Å². The van der Waals surface area contributed by atoms with Crippen LogP contribution in [-0.2, 0) is 4.79 Å². The number of carboxylic acids is 1. The summed E-state index contributed by atoms with van der Waals surface area (Å²) in [4.78, 5) is 23.8. The van der Waals surface area contributed by atoms with E-state index in [1.54, 1.807) is 0 Å². The van der Waals surface area contributed by atoms with Gasteiger partial charge in [-0.25, -0.2) is 4.79 Å². The van der Waals surface area contributed by atoms with Crippen molar-refractivity contribution < 1.29 is 32.6 Å². The zero-order valence-corrected chi connectivity index (χ0v) is 12.9. The number of alkyl halides is 3. The lowest BCUT2D eigenvalue weighted by Gasteiger charge is -2.34. The molecule has 1 aliphatic rings. The third-order valence-electron chi connectivity index (χ3n) is 3.99. The molecule has 24 heavy (non-hydrogen) atoms. The Hall–Kier alpha value is -2.25. The van der Waals surface area contributed by atoms with Crippen LogP contribution in [0.2, 0.25) is 0 Å². The molecule has 0 unspecified atom stereocenters. The molecule has 0 atom stereocenters. The molecule has 1 saturated carbocycles. The largest absolute Gasteiger partial charge is 0.484 e. The first-order valence-electron chi connectivity index (χ1n) is 7.57. The van der Waals surface area contributed by atoms with Crippen LogP contribution in [0.5, 0.6) is 5.75 Å². The van der Waals surface area contributed by atoms with Crippen LogP contribution in [0, 0.1) is 0 Å². The minimum atomic E-state index is -4.44. The van der Waals surface area contributed by atoms with Gasteiger partial charge < -0.3 is 15.2 Å². The van der Waals surface area contributed by atoms with Crippen LogP contribution in [0.1, 0.15) is 42.5 Å². The van der Waals surface area contributed by atoms with Gasteiger partial charge in [0.15, 0.2) is 6.61 Å². The Bertz CT molecular complexity index is 592. The highest BCUT2D eigenvalue weighted by Crippen LogP contribution is 2.29. The van der Waals surface area contributed by atoms with E-state index >= 15 is 0 Å². The summed E-state index contributed by atoms with van der Waals surface area (Å²) in [6, 6.07) is 5.10. The Balaban J connectivity index is 2.02. The number of hydrogen-bond donors (Lipinski definition) is 2. The van der Waals surface area contributed by atoms with Crippen molar-refractivity contribution in [2.24, 2.45) is 0 Å². The molecule has 1 aromatic rings. The predicted octanol–water partition coefficient (Wildman–Crippen LogP) is 3.15. The van der Waals surface area contributed by atoms with Crippen LogP contribution in [0.3, 0.4) is 0 Å². The SMILES string of the molecule is O=C(NC1(C(=O)O)CCCCC1)c1ccc(OCC(F)(F)F)cc1. The molecule has 1 fully saturated rings. The normalized spacial score (nSPS) is 17.1. The highest BCUT2D eigenvalue weighted by Gasteiger charge is 2.41. The minimum absolute atomic E-state index is 0.0190. The first kappa shape index (κ1) is 18.1. The molecule has 1 amide bonds. The fourth-order valence-electron chi connectivity index (χ4n) is 2.70. The Labute approximate surface area is 136 Å². The fourth-order valence-corrected chi connectivity index (χ4v) is 2.70. The second kappa shape index (κ2) is 7.11. The number of carbonyl (C=O) groups is 2. The summed E-state index contributed by atoms with van der Waals surface area (Å²) < 4.78 is 40.8. The number of halogens is 3. The molecule has 2 N–H and O–H groups in total. The van der Waals surface area contributed by atoms with Gasteiger partial charge in [-0.3, -0.25) is 4.79 Å². The van der Waals surface area contributed by atoms with Gasteiger partial charge in [-0.1, -0.05) is 19.3 Å². The molecule has 5 nitrogen and oxygen atoms in total. The van der Waals surface area contributed by atoms with Gasteiger partial charge in [-0.2, -0.15) is 13.2 Å². The number of aliphatic carboxylic acids is 1. The third-order valence-corrected chi connectivity index (χ3v) is 3.99. The van der Waals surface area contributed by atoms with E-state index in [1.807, 2.05) is 0 Å². The Morgan fingerprint density at radius 1 is 1.12 bits per heavy atom. The van der Waals surface area contributed by atoms with Gasteiger partial charge in [0.25, 0.3) is 5.91 Å². The van der Waals surface area contributed by atoms with Crippen molar-refractivity contribution in [2.45, 2.75) is 43.8 Å². The maximum absolute atomic E-state index is 12.3. The number of amides is 1. The summed E-state index contributed by atoms with van der Waals surface area (Å²) >= 11 is 0. The average Bonchev–Trinajstić information content (AvgIpc) is 2.53. The number of ether oxygens (including phenoxy) is 1. The van der Waals surface area contributed by atoms with Crippen molar-refractivity contribution in [3.05, 3.63) is 29.8 Å². The summed E-state index contributed by atoms with van der Waals surface area (Å²) in [5.41, 5.74) is -1.11. The van der Waals surface area contributed by atoms with Crippen molar-refractivity contribution in [1.82, 2.24) is 5.32 Å². The van der Waals surface area contributed by atoms with Crippen LogP contribution in [0.25, 0.3) is 0 Å². The highest BCUT2D eigenvalue weighted by molar-refractivity contribution is 5.98. The van der Waals surface area contributed by atoms with Crippen molar-refractivity contribution in [1.29, 1.82) is 0 Å². The summed E-state index contributed by atoms with van der Waals surface area (Å²) in [5, 5.41) is 12.0. The van der Waals surface area contributed by atoms with Crippen molar-refractivity contribution in [2.75, 3.05) is 6.61 Å². The summed E-state index contributed by atoms with van der Waals surface area (Å²) in [5.74, 6) is -1.66. The summed E-state index contributed by atoms with van der Waals surface area (Å²) in [6.45, 7) is -1.42. The Morgan fingerprint density at radius 2 is 1.71 bits per heavy atom. The maximum atomic E-state index is 12.3. The molecule has 2 rings (SSSR count). The number of carboxylic acid groups (broad SMARTS) is 1. The van der Waals surface area contributed by atoms with Crippen molar-refractivity contribution in [3.63, 3.8) is 0 Å². The standard InChI is InChI=1S/C16H18F3NO4/c17-16(18,19)10-24-12-6-4-11(5-7-12)13(21)20-15(14(22)23)8-2-1-3-9-15/h4-7H,1-3,8-10H2,(H,20,21)(H,22,23). The van der Waals surface area contributed by atoms with Crippen LogP contribution in [0.15, 0.2) is 24.3 Å². The molecule has 0 heterocycles. The van der Waals surface area contributed by atoms with Crippen LogP contribution in [0.4, 0.5) is 13.2 Å². The zero-order valence-electron chi connectivity index (χ0n) is 12.9. The minimum Gasteiger partial charge on any atom is -0.484 e. The second-order valence-corrected chi connectivity index (χ2v) is 5.83. The van der Waals surface area contributed by atoms with Gasteiger partial charge in [0.1, 0.15) is 11.3 Å². The molecule has 0 aromatic heterocycles. The van der Waals surface area contributed by atoms with Crippen LogP contribution in [-0.4, -0.2) is 35.3 Å². The Morgan fingerprint density at radius 3 is 2.21 bits per heavy atom. The van der Waals surface area contributed by atoms with Crippen LogP contribution >= 0.6 is 0 Å². The van der Waals surface area contributed by atoms with Crippen molar-refractivity contribution >= 4 is 11.9 Å². The molecular weight excluding hydrogens is 327 g/mol. The van der Waals surface area contributed by atoms with E-state index in [0.717, 1.165) is 19.3 Å². The fraction of sp³-hybridized carbons (Fsp3) is 0.500. The van der Waals surface area contributed by atoms with Gasteiger partial charge in [-0.05, 0) is 37.1 Å². The number of carbonyl (C=O) groups excluding carboxylic acids is 1. The Kier molecular flexibility index (Phi) is 5.36. The molecule has 132 valence electrons. The molecule has 0 radical (unpaired) electrons. The van der Waals surface area contributed by atoms with E-state index in [-0.39, 0.29) is 11.3 Å². The summed E-state index contributed by atoms with van der Waals surface area (Å²) in [7, 11) is 0. The highest BCUT2D eigenvalue weighted by atomic mass is 19.4. The predicted molar refractivity (Wildman–Crippen MR) is 78.9 cm³/mol. The van der Waals surface area contributed by atoms with Gasteiger partial charge in [-0.15, -0.1) is 0 Å². The van der Waals surface area contributed by atoms with E-state index in [4.69, 9.17) is 0 Å². The quantitative estimate of drug-likeness (QED) is 0.860. The summed E-state index contributed by atoms with van der Waals surface area (Å²) in [6.07, 6.45) is -1.35. The van der Waals surface area contributed by atoms with E-state index in [1.165, 1.54) is 24.3 Å². The van der Waals surface area contributed by atoms with Gasteiger partial charge in [0, 0.05) is 5.56 Å². The van der Waals surface area contributed by atoms with Gasteiger partial charge in [0.05, 0.1) is 0 Å². The molecular formula is C16H18F3NO4. The first-order valence-corrected chi connectivity index (χ1v) is 7.57. The zero-order chi connectivity index (χ0) is 17.8. The van der Waals surface area contributed by atoms with E-state index < -0.39 is 30.2 Å². The number of rotatable bonds is 5. The molecule has 1 aromatic carbocycles. The monoisotopic (exact) mass is 345 g/mol. The molecule has 0 saturated heterocycles. The molecule has 0 bridgehead atoms. The van der Waals surface area contributed by atoms with Crippen molar-refractivity contribution in [3.8, 4) is 5.75 Å². The number of hydrogen-bond acceptors (Lipinski definition) is 3. The molecule has 0 spiro atoms. The molecule has 0 aliphatic heterocycles. The smallest absolute Gasteiger partial charge is 0.422 e. The average molecular weight is 345 g/mol. The number of nitrogens with one attached hydrogen (secondary N) is 1. The van der Waals surface area contributed by atoms with Gasteiger partial charge >= 0.3 is 12.1 Å². The lowest BCUT2D eigenvalue weighted by Crippen LogP contribution is -2.55.